The van der Waals surface area contributed by atoms with Gasteiger partial charge in [-0.2, -0.15) is 11.3 Å². The number of rotatable bonds is 4. The molecule has 0 fully saturated rings. The summed E-state index contributed by atoms with van der Waals surface area (Å²) < 4.78 is 4.59. The van der Waals surface area contributed by atoms with E-state index < -0.39 is 6.09 Å². The van der Waals surface area contributed by atoms with E-state index in [0.717, 1.165) is 5.56 Å². The molecule has 1 aromatic rings. The molecule has 72 valence electrons. The van der Waals surface area contributed by atoms with Crippen molar-refractivity contribution >= 4 is 17.4 Å². The fourth-order valence-electron chi connectivity index (χ4n) is 0.757. The Balaban J connectivity index is 2.15. The molecule has 1 aromatic heterocycles. The third kappa shape index (κ3) is 3.91. The first kappa shape index (κ1) is 10.0. The Kier molecular flexibility index (Phi) is 4.28. The van der Waals surface area contributed by atoms with Gasteiger partial charge in [-0.25, -0.2) is 4.79 Å². The van der Waals surface area contributed by atoms with E-state index in [0.29, 0.717) is 6.54 Å². The molecule has 5 heteroatoms. The number of hydrogen-bond donors (Lipinski definition) is 2. The number of aliphatic hydroxyl groups is 1. The van der Waals surface area contributed by atoms with Crippen LogP contribution in [0.5, 0.6) is 0 Å². The van der Waals surface area contributed by atoms with Crippen LogP contribution in [-0.4, -0.2) is 24.4 Å². The summed E-state index contributed by atoms with van der Waals surface area (Å²) in [6, 6.07) is 1.93. The van der Waals surface area contributed by atoms with E-state index in [1.807, 2.05) is 16.8 Å². The number of thiophene rings is 1. The molecule has 1 rings (SSSR count). The Labute approximate surface area is 80.2 Å². The number of carbonyl (C=O) groups excluding carboxylic acids is 1. The van der Waals surface area contributed by atoms with Gasteiger partial charge in [-0.3, -0.25) is 0 Å². The Morgan fingerprint density at radius 3 is 3.15 bits per heavy atom. The average Bonchev–Trinajstić information content (AvgIpc) is 2.64. The van der Waals surface area contributed by atoms with Crippen LogP contribution < -0.4 is 5.32 Å². The Hall–Kier alpha value is -1.07. The highest BCUT2D eigenvalue weighted by Gasteiger charge is 2.00. The fraction of sp³-hybridized carbons (Fsp3) is 0.375. The van der Waals surface area contributed by atoms with Crippen LogP contribution in [0.3, 0.4) is 0 Å². The minimum atomic E-state index is -0.500. The molecule has 0 saturated heterocycles. The maximum absolute atomic E-state index is 10.9. The predicted octanol–water partition coefficient (Wildman–Crippen LogP) is 0.967. The summed E-state index contributed by atoms with van der Waals surface area (Å²) in [7, 11) is 0. The lowest BCUT2D eigenvalue weighted by atomic mass is 10.3. The summed E-state index contributed by atoms with van der Waals surface area (Å²) in [5.41, 5.74) is 1.05. The quantitative estimate of drug-likeness (QED) is 0.763. The van der Waals surface area contributed by atoms with Gasteiger partial charge in [0.25, 0.3) is 0 Å². The molecule has 0 aliphatic rings. The van der Waals surface area contributed by atoms with E-state index >= 15 is 0 Å². The number of carbonyl (C=O) groups is 1. The normalized spacial score (nSPS) is 9.62. The number of aliphatic hydroxyl groups excluding tert-OH is 1. The molecule has 2 N–H and O–H groups in total. The first-order valence-corrected chi connectivity index (χ1v) is 4.80. The molecular formula is C8H11NO3S. The lowest BCUT2D eigenvalue weighted by molar-refractivity contribution is 0.119. The van der Waals surface area contributed by atoms with Gasteiger partial charge in [-0.05, 0) is 22.4 Å². The molecule has 0 aliphatic carbocycles. The lowest BCUT2D eigenvalue weighted by Gasteiger charge is -2.03. The maximum Gasteiger partial charge on any atom is 0.407 e. The summed E-state index contributed by atoms with van der Waals surface area (Å²) in [5.74, 6) is 0. The van der Waals surface area contributed by atoms with Crippen molar-refractivity contribution in [1.82, 2.24) is 5.32 Å². The van der Waals surface area contributed by atoms with Crippen molar-refractivity contribution in [3.63, 3.8) is 0 Å². The van der Waals surface area contributed by atoms with Gasteiger partial charge < -0.3 is 15.2 Å². The van der Waals surface area contributed by atoms with E-state index in [1.165, 1.54) is 0 Å². The van der Waals surface area contributed by atoms with Crippen LogP contribution in [0.4, 0.5) is 4.79 Å². The second kappa shape index (κ2) is 5.55. The zero-order valence-corrected chi connectivity index (χ0v) is 7.84. The molecule has 0 unspecified atom stereocenters. The minimum absolute atomic E-state index is 0.0372. The zero-order valence-electron chi connectivity index (χ0n) is 7.03. The van der Waals surface area contributed by atoms with Crippen LogP contribution in [0.2, 0.25) is 0 Å². The Morgan fingerprint density at radius 2 is 2.54 bits per heavy atom. The fourth-order valence-corrected chi connectivity index (χ4v) is 1.43. The third-order valence-corrected chi connectivity index (χ3v) is 2.07. The van der Waals surface area contributed by atoms with Crippen molar-refractivity contribution < 1.29 is 14.6 Å². The third-order valence-electron chi connectivity index (χ3n) is 1.34. The summed E-state index contributed by atoms with van der Waals surface area (Å²) in [6.45, 7) is 0.356. The predicted molar refractivity (Wildman–Crippen MR) is 49.6 cm³/mol. The average molecular weight is 201 g/mol. The van der Waals surface area contributed by atoms with Gasteiger partial charge >= 0.3 is 6.09 Å². The van der Waals surface area contributed by atoms with Crippen molar-refractivity contribution in [2.45, 2.75) is 6.54 Å². The van der Waals surface area contributed by atoms with Crippen LogP contribution in [0.25, 0.3) is 0 Å². The summed E-state index contributed by atoms with van der Waals surface area (Å²) in [6.07, 6.45) is -0.500. The molecule has 0 spiro atoms. The van der Waals surface area contributed by atoms with Crippen LogP contribution in [0.15, 0.2) is 16.8 Å². The molecule has 1 amide bonds. The summed E-state index contributed by atoms with van der Waals surface area (Å²) in [4.78, 5) is 10.9. The number of hydrogen-bond acceptors (Lipinski definition) is 4. The number of nitrogens with one attached hydrogen (secondary N) is 1. The molecule has 13 heavy (non-hydrogen) atoms. The standard InChI is InChI=1S/C8H11NO3S/c10-2-3-12-8(11)9-5-7-1-4-13-6-7/h1,4,6,10H,2-3,5H2,(H,9,11). The Bertz CT molecular complexity index is 248. The van der Waals surface area contributed by atoms with E-state index in [1.54, 1.807) is 11.3 Å². The topological polar surface area (TPSA) is 58.6 Å². The van der Waals surface area contributed by atoms with Crippen LogP contribution in [0.1, 0.15) is 5.56 Å². The number of alkyl carbamates (subject to hydrolysis) is 1. The van der Waals surface area contributed by atoms with Gasteiger partial charge in [-0.15, -0.1) is 0 Å². The van der Waals surface area contributed by atoms with Crippen molar-refractivity contribution in [3.8, 4) is 0 Å². The molecule has 0 radical (unpaired) electrons. The number of ether oxygens (including phenoxy) is 1. The van der Waals surface area contributed by atoms with Crippen LogP contribution >= 0.6 is 11.3 Å². The molecule has 4 nitrogen and oxygen atoms in total. The molecule has 0 aromatic carbocycles. The van der Waals surface area contributed by atoms with Gasteiger partial charge in [0, 0.05) is 6.54 Å². The van der Waals surface area contributed by atoms with Gasteiger partial charge in [0.2, 0.25) is 0 Å². The van der Waals surface area contributed by atoms with Gasteiger partial charge in [0.1, 0.15) is 6.61 Å². The van der Waals surface area contributed by atoms with Gasteiger partial charge in [0.05, 0.1) is 6.61 Å². The molecular weight excluding hydrogens is 190 g/mol. The van der Waals surface area contributed by atoms with Crippen molar-refractivity contribution in [1.29, 1.82) is 0 Å². The Morgan fingerprint density at radius 1 is 1.69 bits per heavy atom. The van der Waals surface area contributed by atoms with Gasteiger partial charge in [-0.1, -0.05) is 0 Å². The lowest BCUT2D eigenvalue weighted by Crippen LogP contribution is -2.24. The highest BCUT2D eigenvalue weighted by molar-refractivity contribution is 7.07. The van der Waals surface area contributed by atoms with Crippen molar-refractivity contribution in [2.24, 2.45) is 0 Å². The highest BCUT2D eigenvalue weighted by Crippen LogP contribution is 2.04. The summed E-state index contributed by atoms with van der Waals surface area (Å²) >= 11 is 1.58. The van der Waals surface area contributed by atoms with E-state index in [-0.39, 0.29) is 13.2 Å². The molecule has 0 saturated carbocycles. The molecule has 1 heterocycles. The van der Waals surface area contributed by atoms with E-state index in [4.69, 9.17) is 5.11 Å². The maximum atomic E-state index is 10.9. The van der Waals surface area contributed by atoms with E-state index in [9.17, 15) is 4.79 Å². The van der Waals surface area contributed by atoms with Crippen molar-refractivity contribution in [3.05, 3.63) is 22.4 Å². The minimum Gasteiger partial charge on any atom is -0.447 e. The monoisotopic (exact) mass is 201 g/mol. The summed E-state index contributed by atoms with van der Waals surface area (Å²) in [5, 5.41) is 14.8. The second-order valence-electron chi connectivity index (χ2n) is 2.34. The smallest absolute Gasteiger partial charge is 0.407 e. The zero-order chi connectivity index (χ0) is 9.52. The van der Waals surface area contributed by atoms with Crippen LogP contribution in [-0.2, 0) is 11.3 Å². The molecule has 0 aliphatic heterocycles. The van der Waals surface area contributed by atoms with Crippen molar-refractivity contribution in [2.75, 3.05) is 13.2 Å². The first-order chi connectivity index (χ1) is 6.33. The SMILES string of the molecule is O=C(NCc1ccsc1)OCCO. The highest BCUT2D eigenvalue weighted by atomic mass is 32.1. The van der Waals surface area contributed by atoms with Crippen LogP contribution in [0, 0.1) is 0 Å². The largest absolute Gasteiger partial charge is 0.447 e. The number of amides is 1. The molecule has 0 bridgehead atoms. The second-order valence-corrected chi connectivity index (χ2v) is 3.12. The van der Waals surface area contributed by atoms with E-state index in [2.05, 4.69) is 10.1 Å². The molecule has 0 atom stereocenters. The van der Waals surface area contributed by atoms with Gasteiger partial charge in [0.15, 0.2) is 0 Å². The first-order valence-electron chi connectivity index (χ1n) is 3.85.